The smallest absolute Gasteiger partial charge is 0.338 e. The van der Waals surface area contributed by atoms with E-state index in [-0.39, 0.29) is 5.91 Å². The average Bonchev–Trinajstić information content (AvgIpc) is 2.55. The Morgan fingerprint density at radius 2 is 1.83 bits per heavy atom. The molecule has 120 valence electrons. The topological polar surface area (TPSA) is 55.4 Å². The zero-order chi connectivity index (χ0) is 16.8. The third kappa shape index (κ3) is 4.71. The highest BCUT2D eigenvalue weighted by Gasteiger charge is 2.11. The number of carbonyl (C=O) groups excluding carboxylic acids is 2. The molecule has 0 bridgehead atoms. The van der Waals surface area contributed by atoms with E-state index in [9.17, 15) is 9.59 Å². The minimum atomic E-state index is -0.419. The summed E-state index contributed by atoms with van der Waals surface area (Å²) in [6.07, 6.45) is 0.749. The second-order valence-corrected chi connectivity index (χ2v) is 5.61. The number of rotatable bonds is 5. The molecule has 0 saturated carbocycles. The van der Waals surface area contributed by atoms with Gasteiger partial charge in [-0.3, -0.25) is 4.79 Å². The van der Waals surface area contributed by atoms with Crippen molar-refractivity contribution in [3.63, 3.8) is 0 Å². The Morgan fingerprint density at radius 3 is 2.52 bits per heavy atom. The van der Waals surface area contributed by atoms with Crippen LogP contribution in [0, 0.1) is 0 Å². The van der Waals surface area contributed by atoms with E-state index >= 15 is 0 Å². The van der Waals surface area contributed by atoms with Crippen molar-refractivity contribution in [1.82, 2.24) is 0 Å². The molecule has 0 spiro atoms. The van der Waals surface area contributed by atoms with Crippen LogP contribution in [0.2, 0.25) is 10.0 Å². The van der Waals surface area contributed by atoms with Gasteiger partial charge in [-0.1, -0.05) is 36.2 Å². The number of halogens is 2. The summed E-state index contributed by atoms with van der Waals surface area (Å²) in [4.78, 5) is 24.0. The van der Waals surface area contributed by atoms with Crippen LogP contribution in [0.15, 0.2) is 42.5 Å². The van der Waals surface area contributed by atoms with E-state index < -0.39 is 5.97 Å². The third-order valence-corrected chi connectivity index (χ3v) is 3.71. The first-order valence-electron chi connectivity index (χ1n) is 7.05. The van der Waals surface area contributed by atoms with Crippen LogP contribution < -0.4 is 5.32 Å². The molecule has 0 heterocycles. The molecule has 0 aromatic heterocycles. The SMILES string of the molecule is CCCOC(=O)c1cccc(NC(=O)c2ccc(Cl)c(Cl)c2)c1. The summed E-state index contributed by atoms with van der Waals surface area (Å²) in [5.74, 6) is -0.764. The lowest BCUT2D eigenvalue weighted by molar-refractivity contribution is 0.0505. The van der Waals surface area contributed by atoms with Crippen LogP contribution in [0.25, 0.3) is 0 Å². The molecule has 2 aromatic carbocycles. The van der Waals surface area contributed by atoms with E-state index in [0.29, 0.717) is 33.5 Å². The highest BCUT2D eigenvalue weighted by atomic mass is 35.5. The standard InChI is InChI=1S/C17H15Cl2NO3/c1-2-8-23-17(22)12-4-3-5-13(9-12)20-16(21)11-6-7-14(18)15(19)10-11/h3-7,9-10H,2,8H2,1H3,(H,20,21). The fourth-order valence-corrected chi connectivity index (χ4v) is 2.14. The van der Waals surface area contributed by atoms with Crippen molar-refractivity contribution >= 4 is 40.8 Å². The molecule has 0 fully saturated rings. The van der Waals surface area contributed by atoms with E-state index in [0.717, 1.165) is 6.42 Å². The molecule has 0 atom stereocenters. The molecule has 4 nitrogen and oxygen atoms in total. The minimum Gasteiger partial charge on any atom is -0.462 e. The summed E-state index contributed by atoms with van der Waals surface area (Å²) in [7, 11) is 0. The molecular weight excluding hydrogens is 337 g/mol. The van der Waals surface area contributed by atoms with E-state index in [1.807, 2.05) is 6.92 Å². The predicted molar refractivity (Wildman–Crippen MR) is 91.4 cm³/mol. The number of nitrogens with one attached hydrogen (secondary N) is 1. The Labute approximate surface area is 144 Å². The van der Waals surface area contributed by atoms with Crippen molar-refractivity contribution in [2.75, 3.05) is 11.9 Å². The Bertz CT molecular complexity index is 732. The van der Waals surface area contributed by atoms with Gasteiger partial charge in [-0.25, -0.2) is 4.79 Å². The summed E-state index contributed by atoms with van der Waals surface area (Å²) in [5.41, 5.74) is 1.25. The number of hydrogen-bond acceptors (Lipinski definition) is 3. The lowest BCUT2D eigenvalue weighted by Crippen LogP contribution is -2.13. The summed E-state index contributed by atoms with van der Waals surface area (Å²) in [5, 5.41) is 3.39. The van der Waals surface area contributed by atoms with Crippen LogP contribution in [0.4, 0.5) is 5.69 Å². The summed E-state index contributed by atoms with van der Waals surface area (Å²) in [6, 6.07) is 11.2. The molecular formula is C17H15Cl2NO3. The first-order chi connectivity index (χ1) is 11.0. The van der Waals surface area contributed by atoms with E-state index in [1.165, 1.54) is 6.07 Å². The molecule has 6 heteroatoms. The Kier molecular flexibility index (Phi) is 6.02. The fourth-order valence-electron chi connectivity index (χ4n) is 1.84. The van der Waals surface area contributed by atoms with Gasteiger partial charge in [0.05, 0.1) is 22.2 Å². The molecule has 2 aromatic rings. The van der Waals surface area contributed by atoms with Crippen molar-refractivity contribution < 1.29 is 14.3 Å². The van der Waals surface area contributed by atoms with Gasteiger partial charge in [-0.2, -0.15) is 0 Å². The maximum atomic E-state index is 12.2. The second-order valence-electron chi connectivity index (χ2n) is 4.80. The van der Waals surface area contributed by atoms with E-state index in [2.05, 4.69) is 5.32 Å². The Balaban J connectivity index is 2.12. The molecule has 0 aliphatic heterocycles. The third-order valence-electron chi connectivity index (χ3n) is 2.98. The van der Waals surface area contributed by atoms with Crippen molar-refractivity contribution in [1.29, 1.82) is 0 Å². The van der Waals surface area contributed by atoms with Gasteiger partial charge in [0.25, 0.3) is 5.91 Å². The number of carbonyl (C=O) groups is 2. The van der Waals surface area contributed by atoms with Crippen LogP contribution in [-0.2, 0) is 4.74 Å². The van der Waals surface area contributed by atoms with Gasteiger partial charge in [0.15, 0.2) is 0 Å². The molecule has 1 amide bonds. The van der Waals surface area contributed by atoms with Gasteiger partial charge in [0.1, 0.15) is 0 Å². The van der Waals surface area contributed by atoms with Crippen molar-refractivity contribution in [2.24, 2.45) is 0 Å². The van der Waals surface area contributed by atoms with Crippen LogP contribution in [0.5, 0.6) is 0 Å². The van der Waals surface area contributed by atoms with Gasteiger partial charge in [-0.15, -0.1) is 0 Å². The molecule has 1 N–H and O–H groups in total. The van der Waals surface area contributed by atoms with Gasteiger partial charge in [0, 0.05) is 11.3 Å². The maximum absolute atomic E-state index is 12.2. The number of amides is 1. The van der Waals surface area contributed by atoms with Crippen molar-refractivity contribution in [3.05, 3.63) is 63.6 Å². The lowest BCUT2D eigenvalue weighted by atomic mass is 10.1. The molecule has 0 aliphatic carbocycles. The summed E-state index contributed by atoms with van der Waals surface area (Å²) in [6.45, 7) is 2.28. The highest BCUT2D eigenvalue weighted by Crippen LogP contribution is 2.23. The molecule has 2 rings (SSSR count). The van der Waals surface area contributed by atoms with Crippen molar-refractivity contribution in [2.45, 2.75) is 13.3 Å². The molecule has 0 unspecified atom stereocenters. The minimum absolute atomic E-state index is 0.302. The normalized spacial score (nSPS) is 10.2. The summed E-state index contributed by atoms with van der Waals surface area (Å²) >= 11 is 11.7. The van der Waals surface area contributed by atoms with Gasteiger partial charge >= 0.3 is 5.97 Å². The Hall–Kier alpha value is -2.04. The number of esters is 1. The van der Waals surface area contributed by atoms with Crippen LogP contribution in [0.3, 0.4) is 0 Å². The van der Waals surface area contributed by atoms with Crippen LogP contribution in [0.1, 0.15) is 34.1 Å². The quantitative estimate of drug-likeness (QED) is 0.786. The first kappa shape index (κ1) is 17.3. The van der Waals surface area contributed by atoms with Gasteiger partial charge in [0.2, 0.25) is 0 Å². The predicted octanol–water partition coefficient (Wildman–Crippen LogP) is 4.81. The monoisotopic (exact) mass is 351 g/mol. The van der Waals surface area contributed by atoms with Crippen LogP contribution in [-0.4, -0.2) is 18.5 Å². The highest BCUT2D eigenvalue weighted by molar-refractivity contribution is 6.42. The average molecular weight is 352 g/mol. The maximum Gasteiger partial charge on any atom is 0.338 e. The molecule has 23 heavy (non-hydrogen) atoms. The number of benzene rings is 2. The zero-order valence-electron chi connectivity index (χ0n) is 12.4. The van der Waals surface area contributed by atoms with Crippen LogP contribution >= 0.6 is 23.2 Å². The number of ether oxygens (including phenoxy) is 1. The van der Waals surface area contributed by atoms with Crippen molar-refractivity contribution in [3.8, 4) is 0 Å². The zero-order valence-corrected chi connectivity index (χ0v) is 13.9. The largest absolute Gasteiger partial charge is 0.462 e. The lowest BCUT2D eigenvalue weighted by Gasteiger charge is -2.08. The number of anilines is 1. The summed E-state index contributed by atoms with van der Waals surface area (Å²) < 4.78 is 5.07. The second kappa shape index (κ2) is 7.99. The molecule has 0 radical (unpaired) electrons. The fraction of sp³-hybridized carbons (Fsp3) is 0.176. The van der Waals surface area contributed by atoms with E-state index in [4.69, 9.17) is 27.9 Å². The first-order valence-corrected chi connectivity index (χ1v) is 7.80. The Morgan fingerprint density at radius 1 is 1.04 bits per heavy atom. The van der Waals surface area contributed by atoms with Gasteiger partial charge < -0.3 is 10.1 Å². The van der Waals surface area contributed by atoms with E-state index in [1.54, 1.807) is 36.4 Å². The number of hydrogen-bond donors (Lipinski definition) is 1. The molecule has 0 aliphatic rings. The molecule has 0 saturated heterocycles. The van der Waals surface area contributed by atoms with Gasteiger partial charge in [-0.05, 0) is 42.8 Å².